The van der Waals surface area contributed by atoms with Crippen LogP contribution in [-0.2, 0) is 0 Å². The zero-order valence-corrected chi connectivity index (χ0v) is 14.6. The van der Waals surface area contributed by atoms with E-state index in [4.69, 9.17) is 11.6 Å². The maximum absolute atomic E-state index is 12.1. The number of nitrogens with one attached hydrogen (secondary N) is 1. The van der Waals surface area contributed by atoms with Crippen molar-refractivity contribution in [1.82, 2.24) is 5.32 Å². The van der Waals surface area contributed by atoms with Crippen LogP contribution in [0.25, 0.3) is 0 Å². The molecule has 1 rings (SSSR count). The van der Waals surface area contributed by atoms with Crippen molar-refractivity contribution in [2.75, 3.05) is 10.7 Å². The first-order valence-corrected chi connectivity index (χ1v) is 8.22. The van der Waals surface area contributed by atoms with Gasteiger partial charge in [-0.15, -0.1) is 0 Å². The molecule has 0 atom stereocenters. The third-order valence-corrected chi connectivity index (χ3v) is 5.28. The predicted octanol–water partition coefficient (Wildman–Crippen LogP) is 4.38. The van der Waals surface area contributed by atoms with Crippen LogP contribution in [0.5, 0.6) is 0 Å². The highest BCUT2D eigenvalue weighted by Gasteiger charge is 2.24. The molecule has 1 N–H and O–H groups in total. The van der Waals surface area contributed by atoms with Gasteiger partial charge in [0.25, 0.3) is 5.91 Å². The molecule has 94 valence electrons. The molecule has 0 aliphatic carbocycles. The smallest absolute Gasteiger partial charge is 0.251 e. The Kier molecular flexibility index (Phi) is 5.96. The summed E-state index contributed by atoms with van der Waals surface area (Å²) < 4.78 is 0.787. The van der Waals surface area contributed by atoms with Crippen molar-refractivity contribution in [1.29, 1.82) is 0 Å². The molecule has 0 radical (unpaired) electrons. The lowest BCUT2D eigenvalue weighted by Gasteiger charge is -2.26. The minimum Gasteiger partial charge on any atom is -0.345 e. The molecule has 1 amide bonds. The van der Waals surface area contributed by atoms with E-state index in [2.05, 4.69) is 53.1 Å². The molecule has 0 saturated heterocycles. The number of alkyl halides is 2. The summed E-state index contributed by atoms with van der Waals surface area (Å²) in [6.07, 6.45) is 0. The number of carbonyl (C=O) groups excluding carboxylic acids is 1. The van der Waals surface area contributed by atoms with E-state index in [9.17, 15) is 4.79 Å². The molecule has 0 bridgehead atoms. The van der Waals surface area contributed by atoms with E-state index in [-0.39, 0.29) is 11.4 Å². The fourth-order valence-corrected chi connectivity index (χ4v) is 3.20. The Morgan fingerprint density at radius 1 is 1.35 bits per heavy atom. The van der Waals surface area contributed by atoms with Gasteiger partial charge in [-0.1, -0.05) is 59.4 Å². The minimum atomic E-state index is -0.328. The molecule has 0 fully saturated rings. The number of carbonyl (C=O) groups is 1. The van der Waals surface area contributed by atoms with Crippen LogP contribution in [0.1, 0.15) is 17.3 Å². The molecule has 0 heterocycles. The molecular weight excluding hydrogens is 437 g/mol. The average Bonchev–Trinajstić information content (AvgIpc) is 2.27. The standard InChI is InChI=1S/C11H11Br3ClNO/c1-11(5-12,6-13)16-10(17)7-2-8(14)4-9(15)3-7/h2-4H,5-6H2,1H3,(H,16,17). The first kappa shape index (κ1) is 15.5. The van der Waals surface area contributed by atoms with Gasteiger partial charge in [0, 0.05) is 25.7 Å². The van der Waals surface area contributed by atoms with Gasteiger partial charge in [-0.25, -0.2) is 0 Å². The van der Waals surface area contributed by atoms with Crippen molar-refractivity contribution < 1.29 is 4.79 Å². The SMILES string of the molecule is CC(CBr)(CBr)NC(=O)c1cc(Cl)cc(Br)c1. The Bertz CT molecular complexity index is 401. The fraction of sp³-hybridized carbons (Fsp3) is 0.364. The number of halogens is 4. The third kappa shape index (κ3) is 4.54. The lowest BCUT2D eigenvalue weighted by molar-refractivity contribution is 0.0923. The predicted molar refractivity (Wildman–Crippen MR) is 82.6 cm³/mol. The number of rotatable bonds is 4. The highest BCUT2D eigenvalue weighted by atomic mass is 79.9. The van der Waals surface area contributed by atoms with Gasteiger partial charge in [0.1, 0.15) is 0 Å². The van der Waals surface area contributed by atoms with Crippen molar-refractivity contribution in [2.24, 2.45) is 0 Å². The Morgan fingerprint density at radius 2 is 1.94 bits per heavy atom. The third-order valence-electron chi connectivity index (χ3n) is 2.13. The quantitative estimate of drug-likeness (QED) is 0.681. The van der Waals surface area contributed by atoms with Gasteiger partial charge in [0.05, 0.1) is 5.54 Å². The van der Waals surface area contributed by atoms with Crippen LogP contribution in [0.3, 0.4) is 0 Å². The van der Waals surface area contributed by atoms with Crippen molar-refractivity contribution in [3.8, 4) is 0 Å². The highest BCUT2D eigenvalue weighted by Crippen LogP contribution is 2.20. The van der Waals surface area contributed by atoms with Crippen LogP contribution in [0.2, 0.25) is 5.02 Å². The van der Waals surface area contributed by atoms with E-state index in [1.807, 2.05) is 6.92 Å². The van der Waals surface area contributed by atoms with Crippen molar-refractivity contribution in [3.05, 3.63) is 33.3 Å². The Balaban J connectivity index is 2.90. The van der Waals surface area contributed by atoms with E-state index in [1.165, 1.54) is 0 Å². The number of amides is 1. The molecule has 0 saturated carbocycles. The maximum Gasteiger partial charge on any atom is 0.251 e. The molecule has 2 nitrogen and oxygen atoms in total. The second kappa shape index (κ2) is 6.55. The minimum absolute atomic E-state index is 0.144. The summed E-state index contributed by atoms with van der Waals surface area (Å²) in [4.78, 5) is 12.1. The zero-order chi connectivity index (χ0) is 13.1. The molecule has 17 heavy (non-hydrogen) atoms. The molecule has 0 aliphatic heterocycles. The maximum atomic E-state index is 12.1. The summed E-state index contributed by atoms with van der Waals surface area (Å²) in [5, 5.41) is 4.81. The molecule has 0 spiro atoms. The van der Waals surface area contributed by atoms with E-state index in [0.29, 0.717) is 21.2 Å². The molecule has 1 aromatic rings. The second-order valence-corrected chi connectivity index (χ2v) is 6.41. The summed E-state index contributed by atoms with van der Waals surface area (Å²) in [5.74, 6) is -0.144. The summed E-state index contributed by atoms with van der Waals surface area (Å²) in [6.45, 7) is 1.95. The first-order chi connectivity index (χ1) is 7.90. The normalized spacial score (nSPS) is 11.4. The van der Waals surface area contributed by atoms with Gasteiger partial charge in [0.15, 0.2) is 0 Å². The number of hydrogen-bond donors (Lipinski definition) is 1. The molecule has 0 unspecified atom stereocenters. The van der Waals surface area contributed by atoms with Crippen LogP contribution < -0.4 is 5.32 Å². The van der Waals surface area contributed by atoms with Gasteiger partial charge >= 0.3 is 0 Å². The van der Waals surface area contributed by atoms with Gasteiger partial charge in [-0.3, -0.25) is 4.79 Å². The van der Waals surface area contributed by atoms with Gasteiger partial charge < -0.3 is 5.32 Å². The largest absolute Gasteiger partial charge is 0.345 e. The van der Waals surface area contributed by atoms with Crippen LogP contribution in [0, 0.1) is 0 Å². The van der Waals surface area contributed by atoms with Gasteiger partial charge in [-0.05, 0) is 25.1 Å². The highest BCUT2D eigenvalue weighted by molar-refractivity contribution is 9.10. The average molecular weight is 448 g/mol. The Morgan fingerprint density at radius 3 is 2.41 bits per heavy atom. The van der Waals surface area contributed by atoms with Gasteiger partial charge in [-0.2, -0.15) is 0 Å². The van der Waals surface area contributed by atoms with Crippen molar-refractivity contribution >= 4 is 65.3 Å². The molecule has 0 aromatic heterocycles. The molecule has 0 aliphatic rings. The van der Waals surface area contributed by atoms with E-state index in [1.54, 1.807) is 18.2 Å². The summed E-state index contributed by atoms with van der Waals surface area (Å²) in [5.41, 5.74) is 0.212. The van der Waals surface area contributed by atoms with E-state index < -0.39 is 0 Å². The first-order valence-electron chi connectivity index (χ1n) is 4.81. The van der Waals surface area contributed by atoms with Crippen LogP contribution in [0.15, 0.2) is 22.7 Å². The van der Waals surface area contributed by atoms with Crippen molar-refractivity contribution in [3.63, 3.8) is 0 Å². The lowest BCUT2D eigenvalue weighted by Crippen LogP contribution is -2.48. The summed E-state index contributed by atoms with van der Waals surface area (Å²) >= 11 is 16.0. The summed E-state index contributed by atoms with van der Waals surface area (Å²) in [6, 6.07) is 5.13. The van der Waals surface area contributed by atoms with E-state index >= 15 is 0 Å². The molecular formula is C11H11Br3ClNO. The van der Waals surface area contributed by atoms with Crippen molar-refractivity contribution in [2.45, 2.75) is 12.5 Å². The van der Waals surface area contributed by atoms with Gasteiger partial charge in [0.2, 0.25) is 0 Å². The number of hydrogen-bond acceptors (Lipinski definition) is 1. The molecule has 6 heteroatoms. The second-order valence-electron chi connectivity index (χ2n) is 3.94. The molecule has 1 aromatic carbocycles. The fourth-order valence-electron chi connectivity index (χ4n) is 1.13. The van der Waals surface area contributed by atoms with Crippen LogP contribution in [0.4, 0.5) is 0 Å². The van der Waals surface area contributed by atoms with Crippen LogP contribution in [-0.4, -0.2) is 22.1 Å². The van der Waals surface area contributed by atoms with Crippen LogP contribution >= 0.6 is 59.4 Å². The monoisotopic (exact) mass is 445 g/mol. The topological polar surface area (TPSA) is 29.1 Å². The van der Waals surface area contributed by atoms with E-state index in [0.717, 1.165) is 4.47 Å². The summed E-state index contributed by atoms with van der Waals surface area (Å²) in [7, 11) is 0. The zero-order valence-electron chi connectivity index (χ0n) is 9.07. The lowest BCUT2D eigenvalue weighted by atomic mass is 10.1. The number of benzene rings is 1. The Hall–Kier alpha value is 0.420. The Labute approximate surface area is 131 Å².